The van der Waals surface area contributed by atoms with Crippen LogP contribution in [0.5, 0.6) is 5.75 Å². The van der Waals surface area contributed by atoms with E-state index in [1.807, 2.05) is 29.2 Å². The predicted molar refractivity (Wildman–Crippen MR) is 76.5 cm³/mol. The van der Waals surface area contributed by atoms with E-state index in [1.165, 1.54) is 12.8 Å². The van der Waals surface area contributed by atoms with Crippen molar-refractivity contribution in [2.24, 2.45) is 0 Å². The Kier molecular flexibility index (Phi) is 5.01. The lowest BCUT2D eigenvalue weighted by atomic mass is 10.1. The number of benzene rings is 1. The van der Waals surface area contributed by atoms with E-state index < -0.39 is 0 Å². The second kappa shape index (κ2) is 6.98. The van der Waals surface area contributed by atoms with Crippen LogP contribution in [0.2, 0.25) is 0 Å². The molecule has 1 aliphatic heterocycles. The van der Waals surface area contributed by atoms with Gasteiger partial charge in [0.2, 0.25) is 0 Å². The summed E-state index contributed by atoms with van der Waals surface area (Å²) < 4.78 is 5.56. The number of amides is 1. The van der Waals surface area contributed by atoms with E-state index in [0.717, 1.165) is 25.9 Å². The van der Waals surface area contributed by atoms with Crippen LogP contribution in [-0.2, 0) is 0 Å². The molecule has 0 aliphatic carbocycles. The van der Waals surface area contributed by atoms with Crippen LogP contribution in [-0.4, -0.2) is 30.5 Å². The van der Waals surface area contributed by atoms with E-state index in [2.05, 4.69) is 6.58 Å². The molecule has 1 aromatic rings. The summed E-state index contributed by atoms with van der Waals surface area (Å²) in [7, 11) is 0. The number of hydrogen-bond donors (Lipinski definition) is 0. The van der Waals surface area contributed by atoms with Gasteiger partial charge in [-0.3, -0.25) is 4.79 Å². The third-order valence-electron chi connectivity index (χ3n) is 3.37. The van der Waals surface area contributed by atoms with Crippen LogP contribution in [0.15, 0.2) is 36.9 Å². The molecule has 1 fully saturated rings. The normalized spacial score (nSPS) is 15.7. The van der Waals surface area contributed by atoms with Gasteiger partial charge in [0.25, 0.3) is 5.91 Å². The molecule has 102 valence electrons. The number of ether oxygens (including phenoxy) is 1. The highest BCUT2D eigenvalue weighted by atomic mass is 16.5. The summed E-state index contributed by atoms with van der Waals surface area (Å²) >= 11 is 0. The fourth-order valence-electron chi connectivity index (χ4n) is 2.36. The molecule has 19 heavy (non-hydrogen) atoms. The summed E-state index contributed by atoms with van der Waals surface area (Å²) in [5, 5.41) is 0. The van der Waals surface area contributed by atoms with Crippen molar-refractivity contribution in [1.82, 2.24) is 4.90 Å². The molecular formula is C16H21NO2. The van der Waals surface area contributed by atoms with E-state index in [1.54, 1.807) is 6.08 Å². The third kappa shape index (κ3) is 3.60. The van der Waals surface area contributed by atoms with Gasteiger partial charge in [-0.1, -0.05) is 37.6 Å². The van der Waals surface area contributed by atoms with Crippen molar-refractivity contribution in [2.45, 2.75) is 25.7 Å². The fourth-order valence-corrected chi connectivity index (χ4v) is 2.36. The SMILES string of the molecule is C=CCOc1ccccc1C(=O)N1CCCCCC1. The molecule has 0 radical (unpaired) electrons. The van der Waals surface area contributed by atoms with Crippen LogP contribution >= 0.6 is 0 Å². The zero-order valence-electron chi connectivity index (χ0n) is 11.3. The van der Waals surface area contributed by atoms with Crippen molar-refractivity contribution in [3.05, 3.63) is 42.5 Å². The summed E-state index contributed by atoms with van der Waals surface area (Å²) in [6, 6.07) is 7.45. The number of rotatable bonds is 4. The number of nitrogens with zero attached hydrogens (tertiary/aromatic N) is 1. The number of carbonyl (C=O) groups is 1. The molecule has 1 aromatic carbocycles. The monoisotopic (exact) mass is 259 g/mol. The molecule has 1 heterocycles. The summed E-state index contributed by atoms with van der Waals surface area (Å²) in [4.78, 5) is 14.5. The van der Waals surface area contributed by atoms with Gasteiger partial charge in [-0.05, 0) is 25.0 Å². The Balaban J connectivity index is 2.14. The lowest BCUT2D eigenvalue weighted by Crippen LogP contribution is -2.32. The average Bonchev–Trinajstić information content (AvgIpc) is 2.73. The standard InChI is InChI=1S/C16H21NO2/c1-2-13-19-15-10-6-5-9-14(15)16(18)17-11-7-3-4-8-12-17/h2,5-6,9-10H,1,3-4,7-8,11-13H2. The van der Waals surface area contributed by atoms with Gasteiger partial charge < -0.3 is 9.64 Å². The fraction of sp³-hybridized carbons (Fsp3) is 0.438. The second-order valence-corrected chi connectivity index (χ2v) is 4.80. The highest BCUT2D eigenvalue weighted by Gasteiger charge is 2.20. The van der Waals surface area contributed by atoms with Crippen molar-refractivity contribution in [3.63, 3.8) is 0 Å². The minimum absolute atomic E-state index is 0.0848. The van der Waals surface area contributed by atoms with Gasteiger partial charge >= 0.3 is 0 Å². The van der Waals surface area contributed by atoms with Gasteiger partial charge in [0.15, 0.2) is 0 Å². The lowest BCUT2D eigenvalue weighted by molar-refractivity contribution is 0.0757. The second-order valence-electron chi connectivity index (χ2n) is 4.80. The van der Waals surface area contributed by atoms with Gasteiger partial charge in [0.05, 0.1) is 5.56 Å². The first-order valence-corrected chi connectivity index (χ1v) is 6.95. The van der Waals surface area contributed by atoms with E-state index >= 15 is 0 Å². The molecule has 0 unspecified atom stereocenters. The zero-order chi connectivity index (χ0) is 13.5. The first kappa shape index (κ1) is 13.7. The molecule has 0 bridgehead atoms. The molecule has 3 heteroatoms. The minimum atomic E-state index is 0.0848. The van der Waals surface area contributed by atoms with E-state index in [0.29, 0.717) is 17.9 Å². The van der Waals surface area contributed by atoms with Gasteiger partial charge in [-0.15, -0.1) is 0 Å². The maximum Gasteiger partial charge on any atom is 0.257 e. The maximum atomic E-state index is 12.6. The molecule has 0 atom stereocenters. The Morgan fingerprint density at radius 1 is 1.21 bits per heavy atom. The smallest absolute Gasteiger partial charge is 0.257 e. The molecule has 2 rings (SSSR count). The first-order chi connectivity index (χ1) is 9.33. The van der Waals surface area contributed by atoms with Crippen molar-refractivity contribution in [2.75, 3.05) is 19.7 Å². The molecule has 3 nitrogen and oxygen atoms in total. The quantitative estimate of drug-likeness (QED) is 0.777. The number of para-hydroxylation sites is 1. The Morgan fingerprint density at radius 3 is 2.58 bits per heavy atom. The maximum absolute atomic E-state index is 12.6. The van der Waals surface area contributed by atoms with Gasteiger partial charge in [0, 0.05) is 13.1 Å². The minimum Gasteiger partial charge on any atom is -0.489 e. The van der Waals surface area contributed by atoms with Crippen LogP contribution < -0.4 is 4.74 Å². The Morgan fingerprint density at radius 2 is 1.89 bits per heavy atom. The molecule has 0 spiro atoms. The van der Waals surface area contributed by atoms with Crippen molar-refractivity contribution >= 4 is 5.91 Å². The van der Waals surface area contributed by atoms with Gasteiger partial charge in [-0.2, -0.15) is 0 Å². The summed E-state index contributed by atoms with van der Waals surface area (Å²) in [6.07, 6.45) is 6.33. The summed E-state index contributed by atoms with van der Waals surface area (Å²) in [5.74, 6) is 0.734. The van der Waals surface area contributed by atoms with E-state index in [9.17, 15) is 4.79 Å². The highest BCUT2D eigenvalue weighted by Crippen LogP contribution is 2.21. The van der Waals surface area contributed by atoms with Crippen LogP contribution in [0, 0.1) is 0 Å². The van der Waals surface area contributed by atoms with Crippen molar-refractivity contribution in [3.8, 4) is 5.75 Å². The Hall–Kier alpha value is -1.77. The van der Waals surface area contributed by atoms with Crippen molar-refractivity contribution in [1.29, 1.82) is 0 Å². The lowest BCUT2D eigenvalue weighted by Gasteiger charge is -2.21. The topological polar surface area (TPSA) is 29.5 Å². The summed E-state index contributed by atoms with van der Waals surface area (Å²) in [5.41, 5.74) is 0.659. The molecule has 1 aliphatic rings. The van der Waals surface area contributed by atoms with Crippen LogP contribution in [0.25, 0.3) is 0 Å². The van der Waals surface area contributed by atoms with Crippen LogP contribution in [0.1, 0.15) is 36.0 Å². The molecular weight excluding hydrogens is 238 g/mol. The summed E-state index contributed by atoms with van der Waals surface area (Å²) in [6.45, 7) is 5.76. The largest absolute Gasteiger partial charge is 0.489 e. The highest BCUT2D eigenvalue weighted by molar-refractivity contribution is 5.97. The molecule has 1 saturated heterocycles. The van der Waals surface area contributed by atoms with Crippen LogP contribution in [0.3, 0.4) is 0 Å². The first-order valence-electron chi connectivity index (χ1n) is 6.95. The molecule has 0 saturated carbocycles. The molecule has 0 aromatic heterocycles. The van der Waals surface area contributed by atoms with Gasteiger partial charge in [-0.25, -0.2) is 0 Å². The van der Waals surface area contributed by atoms with E-state index in [-0.39, 0.29) is 5.91 Å². The zero-order valence-corrected chi connectivity index (χ0v) is 11.3. The Labute approximate surface area is 114 Å². The number of hydrogen-bond acceptors (Lipinski definition) is 2. The third-order valence-corrected chi connectivity index (χ3v) is 3.37. The predicted octanol–water partition coefficient (Wildman–Crippen LogP) is 3.27. The Bertz CT molecular complexity index is 434. The molecule has 0 N–H and O–H groups in total. The number of likely N-dealkylation sites (tertiary alicyclic amines) is 1. The van der Waals surface area contributed by atoms with Crippen LogP contribution in [0.4, 0.5) is 0 Å². The molecule has 1 amide bonds. The van der Waals surface area contributed by atoms with Crippen molar-refractivity contribution < 1.29 is 9.53 Å². The van der Waals surface area contributed by atoms with Gasteiger partial charge in [0.1, 0.15) is 12.4 Å². The average molecular weight is 259 g/mol. The number of carbonyl (C=O) groups excluding carboxylic acids is 1. The van der Waals surface area contributed by atoms with E-state index in [4.69, 9.17) is 4.74 Å².